The van der Waals surface area contributed by atoms with E-state index in [9.17, 15) is 9.18 Å². The Balaban J connectivity index is 1.32. The van der Waals surface area contributed by atoms with Crippen LogP contribution in [0.15, 0.2) is 42.6 Å². The van der Waals surface area contributed by atoms with Crippen LogP contribution in [-0.2, 0) is 13.5 Å². The molecule has 5 nitrogen and oxygen atoms in total. The van der Waals surface area contributed by atoms with E-state index >= 15 is 0 Å². The third-order valence-corrected chi connectivity index (χ3v) is 6.34. The van der Waals surface area contributed by atoms with E-state index in [1.165, 1.54) is 37.9 Å². The summed E-state index contributed by atoms with van der Waals surface area (Å²) in [5.74, 6) is 0.859. The molecular weight excluding hydrogens is 379 g/mol. The largest absolute Gasteiger partial charge is 0.322 e. The maximum Gasteiger partial charge on any atom is 0.259 e. The van der Waals surface area contributed by atoms with Gasteiger partial charge in [0, 0.05) is 25.5 Å². The number of carbonyl (C=O) groups is 1. The van der Waals surface area contributed by atoms with E-state index in [-0.39, 0.29) is 11.7 Å². The lowest BCUT2D eigenvalue weighted by molar-refractivity contribution is 0.102. The number of halogens is 1. The van der Waals surface area contributed by atoms with Crippen LogP contribution in [0.4, 0.5) is 10.1 Å². The number of hydrogen-bond donors (Lipinski definition) is 1. The van der Waals surface area contributed by atoms with Crippen molar-refractivity contribution in [3.05, 3.63) is 59.7 Å². The van der Waals surface area contributed by atoms with Gasteiger partial charge in [0.05, 0.1) is 11.3 Å². The number of hydrogen-bond acceptors (Lipinski definition) is 3. The number of rotatable bonds is 6. The number of benzene rings is 1. The fraction of sp³-hybridized carbons (Fsp3) is 0.500. The molecule has 1 fully saturated rings. The fourth-order valence-electron chi connectivity index (χ4n) is 4.64. The normalized spacial score (nSPS) is 20.4. The first-order valence-electron chi connectivity index (χ1n) is 11.0. The number of anilines is 1. The lowest BCUT2D eigenvalue weighted by Crippen LogP contribution is -2.38. The number of carbonyl (C=O) groups excluding carboxylic acids is 1. The van der Waals surface area contributed by atoms with Gasteiger partial charge in [0.2, 0.25) is 0 Å². The zero-order valence-electron chi connectivity index (χ0n) is 17.7. The fourth-order valence-corrected chi connectivity index (χ4v) is 4.64. The van der Waals surface area contributed by atoms with E-state index in [4.69, 9.17) is 0 Å². The lowest BCUT2D eigenvalue weighted by Gasteiger charge is -2.34. The van der Waals surface area contributed by atoms with Crippen molar-refractivity contribution < 1.29 is 9.18 Å². The minimum absolute atomic E-state index is 0.188. The van der Waals surface area contributed by atoms with E-state index in [0.29, 0.717) is 17.2 Å². The zero-order valence-corrected chi connectivity index (χ0v) is 17.7. The standard InChI is InChI=1S/C24H31FN4O/c1-28-17-22(24(30)26-21-9-7-20(25)8-10-21)23(27-28)15-18-11-13-29(14-12-18)16-19-5-3-2-4-6-19/h2-3,7-10,17-19H,4-6,11-16H2,1H3,(H,26,30)/t19-/m0/s1. The number of amides is 1. The summed E-state index contributed by atoms with van der Waals surface area (Å²) in [6.07, 6.45) is 13.3. The van der Waals surface area contributed by atoms with Crippen LogP contribution >= 0.6 is 0 Å². The summed E-state index contributed by atoms with van der Waals surface area (Å²) < 4.78 is 14.8. The highest BCUT2D eigenvalue weighted by Crippen LogP contribution is 2.26. The SMILES string of the molecule is Cn1cc(C(=O)Nc2ccc(F)cc2)c(CC2CCN(C[C@H]3CC=CCC3)CC2)n1. The molecule has 0 saturated carbocycles. The summed E-state index contributed by atoms with van der Waals surface area (Å²) >= 11 is 0. The molecule has 160 valence electrons. The van der Waals surface area contributed by atoms with Crippen molar-refractivity contribution in [2.75, 3.05) is 25.0 Å². The highest BCUT2D eigenvalue weighted by atomic mass is 19.1. The second-order valence-electron chi connectivity index (χ2n) is 8.72. The molecule has 1 aliphatic heterocycles. The molecule has 0 bridgehead atoms. The highest BCUT2D eigenvalue weighted by Gasteiger charge is 2.25. The minimum atomic E-state index is -0.318. The van der Waals surface area contributed by atoms with Gasteiger partial charge in [-0.05, 0) is 87.7 Å². The number of nitrogens with zero attached hydrogens (tertiary/aromatic N) is 3. The molecule has 30 heavy (non-hydrogen) atoms. The van der Waals surface area contributed by atoms with Crippen molar-refractivity contribution in [3.63, 3.8) is 0 Å². The Morgan fingerprint density at radius 3 is 2.60 bits per heavy atom. The van der Waals surface area contributed by atoms with Crippen molar-refractivity contribution >= 4 is 11.6 Å². The Labute approximate surface area is 178 Å². The van der Waals surface area contributed by atoms with Gasteiger partial charge in [-0.1, -0.05) is 12.2 Å². The van der Waals surface area contributed by atoms with E-state index in [2.05, 4.69) is 27.5 Å². The van der Waals surface area contributed by atoms with Crippen LogP contribution in [0.25, 0.3) is 0 Å². The molecule has 2 aliphatic rings. The van der Waals surface area contributed by atoms with E-state index in [1.807, 2.05) is 7.05 Å². The van der Waals surface area contributed by atoms with Crippen LogP contribution in [0, 0.1) is 17.7 Å². The number of piperidine rings is 1. The molecule has 1 aromatic carbocycles. The molecule has 1 saturated heterocycles. The number of allylic oxidation sites excluding steroid dienone is 2. The number of likely N-dealkylation sites (tertiary alicyclic amines) is 1. The van der Waals surface area contributed by atoms with E-state index in [1.54, 1.807) is 23.0 Å². The van der Waals surface area contributed by atoms with Gasteiger partial charge < -0.3 is 10.2 Å². The summed E-state index contributed by atoms with van der Waals surface area (Å²) in [4.78, 5) is 15.4. The Bertz CT molecular complexity index is 881. The van der Waals surface area contributed by atoms with E-state index in [0.717, 1.165) is 44.0 Å². The first-order valence-corrected chi connectivity index (χ1v) is 11.0. The molecule has 0 radical (unpaired) electrons. The van der Waals surface area contributed by atoms with Crippen LogP contribution in [-0.4, -0.2) is 40.2 Å². The van der Waals surface area contributed by atoms with Gasteiger partial charge in [-0.15, -0.1) is 0 Å². The monoisotopic (exact) mass is 410 g/mol. The van der Waals surface area contributed by atoms with Gasteiger partial charge in [-0.25, -0.2) is 4.39 Å². The minimum Gasteiger partial charge on any atom is -0.322 e. The number of aryl methyl sites for hydroxylation is 1. The van der Waals surface area contributed by atoms with Gasteiger partial charge in [0.15, 0.2) is 0 Å². The molecule has 6 heteroatoms. The first kappa shape index (κ1) is 20.8. The molecule has 2 heterocycles. The predicted molar refractivity (Wildman–Crippen MR) is 117 cm³/mol. The number of nitrogens with one attached hydrogen (secondary N) is 1. The topological polar surface area (TPSA) is 50.2 Å². The molecule has 0 spiro atoms. The first-order chi connectivity index (χ1) is 14.6. The predicted octanol–water partition coefficient (Wildman–Crippen LogP) is 4.42. The maximum absolute atomic E-state index is 13.1. The molecule has 1 amide bonds. The molecule has 0 unspecified atom stereocenters. The summed E-state index contributed by atoms with van der Waals surface area (Å²) in [5, 5.41) is 7.43. The molecule has 1 aliphatic carbocycles. The molecule has 1 aromatic heterocycles. The quantitative estimate of drug-likeness (QED) is 0.717. The van der Waals surface area contributed by atoms with Crippen molar-refractivity contribution in [3.8, 4) is 0 Å². The van der Waals surface area contributed by atoms with Crippen molar-refractivity contribution in [1.82, 2.24) is 14.7 Å². The smallest absolute Gasteiger partial charge is 0.259 e. The third kappa shape index (κ3) is 5.36. The van der Waals surface area contributed by atoms with Crippen LogP contribution < -0.4 is 5.32 Å². The lowest BCUT2D eigenvalue weighted by atomic mass is 9.89. The Hall–Kier alpha value is -2.47. The third-order valence-electron chi connectivity index (χ3n) is 6.34. The second kappa shape index (κ2) is 9.56. The second-order valence-corrected chi connectivity index (χ2v) is 8.72. The molecule has 1 N–H and O–H groups in total. The zero-order chi connectivity index (χ0) is 20.9. The summed E-state index contributed by atoms with van der Waals surface area (Å²) in [6.45, 7) is 3.48. The van der Waals surface area contributed by atoms with Gasteiger partial charge in [0.25, 0.3) is 5.91 Å². The van der Waals surface area contributed by atoms with Crippen molar-refractivity contribution in [2.24, 2.45) is 18.9 Å². The molecular formula is C24H31FN4O. The Morgan fingerprint density at radius 1 is 1.13 bits per heavy atom. The Kier molecular flexibility index (Phi) is 6.62. The number of aromatic nitrogens is 2. The molecule has 2 aromatic rings. The van der Waals surface area contributed by atoms with Crippen LogP contribution in [0.2, 0.25) is 0 Å². The molecule has 1 atom stereocenters. The van der Waals surface area contributed by atoms with Gasteiger partial charge in [0.1, 0.15) is 5.82 Å². The molecule has 4 rings (SSSR count). The Morgan fingerprint density at radius 2 is 1.90 bits per heavy atom. The van der Waals surface area contributed by atoms with E-state index < -0.39 is 0 Å². The van der Waals surface area contributed by atoms with Crippen LogP contribution in [0.5, 0.6) is 0 Å². The average Bonchev–Trinajstić information content (AvgIpc) is 3.12. The average molecular weight is 411 g/mol. The highest BCUT2D eigenvalue weighted by molar-refractivity contribution is 6.04. The van der Waals surface area contributed by atoms with Crippen LogP contribution in [0.1, 0.15) is 48.2 Å². The van der Waals surface area contributed by atoms with Gasteiger partial charge >= 0.3 is 0 Å². The maximum atomic E-state index is 13.1. The van der Waals surface area contributed by atoms with Gasteiger partial charge in [-0.3, -0.25) is 9.48 Å². The van der Waals surface area contributed by atoms with Crippen molar-refractivity contribution in [1.29, 1.82) is 0 Å². The summed E-state index contributed by atoms with van der Waals surface area (Å²) in [7, 11) is 1.85. The summed E-state index contributed by atoms with van der Waals surface area (Å²) in [5.41, 5.74) is 2.05. The summed E-state index contributed by atoms with van der Waals surface area (Å²) in [6, 6.07) is 5.83. The van der Waals surface area contributed by atoms with Gasteiger partial charge in [-0.2, -0.15) is 5.10 Å². The van der Waals surface area contributed by atoms with Crippen molar-refractivity contribution in [2.45, 2.75) is 38.5 Å². The van der Waals surface area contributed by atoms with Crippen LogP contribution in [0.3, 0.4) is 0 Å².